The maximum Gasteiger partial charge on any atom is 0.418 e. The molecule has 1 amide bonds. The molecule has 0 unspecified atom stereocenters. The molecule has 0 fully saturated rings. The van der Waals surface area contributed by atoms with Crippen LogP contribution in [0.2, 0.25) is 0 Å². The van der Waals surface area contributed by atoms with Crippen molar-refractivity contribution < 1.29 is 35.2 Å². The molecule has 0 saturated heterocycles. The van der Waals surface area contributed by atoms with E-state index in [9.17, 15) is 35.2 Å². The molecule has 5 nitrogen and oxygen atoms in total. The normalized spacial score (nSPS) is 11.9. The molecule has 11 heteroatoms. The lowest BCUT2D eigenvalue weighted by atomic mass is 10.1. The predicted molar refractivity (Wildman–Crippen MR) is 82.9 cm³/mol. The number of benzene rings is 2. The Morgan fingerprint density at radius 3 is 2.27 bits per heavy atom. The molecule has 2 rings (SSSR count). The number of alkyl halides is 3. The van der Waals surface area contributed by atoms with Crippen LogP contribution in [0.1, 0.15) is 12.5 Å². The third kappa shape index (κ3) is 4.48. The van der Waals surface area contributed by atoms with Gasteiger partial charge in [0.25, 0.3) is 10.0 Å². The molecule has 0 spiro atoms. The van der Waals surface area contributed by atoms with Crippen molar-refractivity contribution in [1.82, 2.24) is 0 Å². The van der Waals surface area contributed by atoms with E-state index in [1.54, 1.807) is 4.72 Å². The zero-order valence-corrected chi connectivity index (χ0v) is 13.8. The molecule has 0 aliphatic heterocycles. The minimum Gasteiger partial charge on any atom is -0.326 e. The summed E-state index contributed by atoms with van der Waals surface area (Å²) < 4.78 is 92.4. The highest BCUT2D eigenvalue weighted by molar-refractivity contribution is 7.92. The fourth-order valence-electron chi connectivity index (χ4n) is 2.03. The lowest BCUT2D eigenvalue weighted by Crippen LogP contribution is -2.19. The molecule has 2 aromatic carbocycles. The molecule has 0 heterocycles. The van der Waals surface area contributed by atoms with Crippen LogP contribution in [0.5, 0.6) is 0 Å². The molecule has 0 saturated carbocycles. The first-order valence-corrected chi connectivity index (χ1v) is 8.35. The van der Waals surface area contributed by atoms with E-state index >= 15 is 0 Å². The summed E-state index contributed by atoms with van der Waals surface area (Å²) in [5.41, 5.74) is -2.54. The third-order valence-corrected chi connectivity index (χ3v) is 4.45. The van der Waals surface area contributed by atoms with Gasteiger partial charge in [-0.15, -0.1) is 0 Å². The minimum absolute atomic E-state index is 0.218. The SMILES string of the molecule is CC(=O)Nc1ccc(NS(=O)(=O)c2cc(F)ccc2F)c(C(F)(F)F)c1. The number of nitrogens with one attached hydrogen (secondary N) is 2. The Bertz CT molecular complexity index is 958. The van der Waals surface area contributed by atoms with Crippen LogP contribution in [0.15, 0.2) is 41.3 Å². The molecule has 0 radical (unpaired) electrons. The second kappa shape index (κ2) is 6.90. The standard InChI is InChI=1S/C15H11F5N2O3S/c1-8(23)21-10-3-5-13(11(7-10)15(18,19)20)22-26(24,25)14-6-9(16)2-4-12(14)17/h2-7,22H,1H3,(H,21,23). The van der Waals surface area contributed by atoms with Crippen molar-refractivity contribution in [2.75, 3.05) is 10.0 Å². The molecule has 0 atom stereocenters. The molecule has 0 aliphatic carbocycles. The van der Waals surface area contributed by atoms with Gasteiger partial charge in [-0.3, -0.25) is 9.52 Å². The Labute approximate surface area is 144 Å². The van der Waals surface area contributed by atoms with Gasteiger partial charge >= 0.3 is 6.18 Å². The molecule has 0 bridgehead atoms. The van der Waals surface area contributed by atoms with E-state index in [0.717, 1.165) is 19.1 Å². The molecule has 2 aromatic rings. The Kier molecular flexibility index (Phi) is 5.21. The van der Waals surface area contributed by atoms with Crippen LogP contribution in [-0.2, 0) is 21.0 Å². The summed E-state index contributed by atoms with van der Waals surface area (Å²) >= 11 is 0. The quantitative estimate of drug-likeness (QED) is 0.776. The van der Waals surface area contributed by atoms with Crippen LogP contribution in [0.4, 0.5) is 33.3 Å². The number of halogens is 5. The number of hydrogen-bond acceptors (Lipinski definition) is 3. The van der Waals surface area contributed by atoms with Crippen molar-refractivity contribution in [3.63, 3.8) is 0 Å². The molecule has 0 aliphatic rings. The van der Waals surface area contributed by atoms with Crippen LogP contribution < -0.4 is 10.0 Å². The van der Waals surface area contributed by atoms with E-state index in [-0.39, 0.29) is 5.69 Å². The highest BCUT2D eigenvalue weighted by Gasteiger charge is 2.35. The molecule has 2 N–H and O–H groups in total. The van der Waals surface area contributed by atoms with E-state index in [1.807, 2.05) is 0 Å². The lowest BCUT2D eigenvalue weighted by molar-refractivity contribution is -0.136. The highest BCUT2D eigenvalue weighted by atomic mass is 32.2. The number of rotatable bonds is 4. The summed E-state index contributed by atoms with van der Waals surface area (Å²) in [6, 6.07) is 3.84. The Balaban J connectivity index is 2.51. The molecular formula is C15H11F5N2O3S. The second-order valence-corrected chi connectivity index (χ2v) is 6.77. The first kappa shape index (κ1) is 19.6. The molecule has 140 valence electrons. The van der Waals surface area contributed by atoms with E-state index in [1.165, 1.54) is 0 Å². The summed E-state index contributed by atoms with van der Waals surface area (Å²) in [5, 5.41) is 2.13. The van der Waals surface area contributed by atoms with E-state index in [0.29, 0.717) is 24.3 Å². The predicted octanol–water partition coefficient (Wildman–Crippen LogP) is 3.74. The first-order valence-electron chi connectivity index (χ1n) is 6.87. The monoisotopic (exact) mass is 394 g/mol. The topological polar surface area (TPSA) is 75.3 Å². The van der Waals surface area contributed by atoms with Gasteiger partial charge in [-0.2, -0.15) is 13.2 Å². The number of carbonyl (C=O) groups is 1. The summed E-state index contributed by atoms with van der Waals surface area (Å²) in [5.74, 6) is -3.04. The van der Waals surface area contributed by atoms with Crippen LogP contribution >= 0.6 is 0 Å². The Hall–Kier alpha value is -2.69. The van der Waals surface area contributed by atoms with Crippen LogP contribution in [0, 0.1) is 11.6 Å². The number of hydrogen-bond donors (Lipinski definition) is 2. The average molecular weight is 394 g/mol. The number of anilines is 2. The Morgan fingerprint density at radius 2 is 1.69 bits per heavy atom. The van der Waals surface area contributed by atoms with Crippen molar-refractivity contribution in [2.45, 2.75) is 18.0 Å². The number of sulfonamides is 1. The van der Waals surface area contributed by atoms with Gasteiger partial charge in [-0.25, -0.2) is 17.2 Å². The van der Waals surface area contributed by atoms with Gasteiger partial charge in [0.2, 0.25) is 5.91 Å². The fourth-order valence-corrected chi connectivity index (χ4v) is 3.20. The van der Waals surface area contributed by atoms with Crippen molar-refractivity contribution in [2.24, 2.45) is 0 Å². The third-order valence-electron chi connectivity index (χ3n) is 3.07. The highest BCUT2D eigenvalue weighted by Crippen LogP contribution is 2.37. The van der Waals surface area contributed by atoms with Gasteiger partial charge in [-0.05, 0) is 36.4 Å². The molecule has 0 aromatic heterocycles. The summed E-state index contributed by atoms with van der Waals surface area (Å²) in [6.07, 6.45) is -4.98. The summed E-state index contributed by atoms with van der Waals surface area (Å²) in [4.78, 5) is 9.82. The maximum absolute atomic E-state index is 13.7. The van der Waals surface area contributed by atoms with Crippen molar-refractivity contribution in [3.8, 4) is 0 Å². The zero-order chi connectivity index (χ0) is 19.7. The fraction of sp³-hybridized carbons (Fsp3) is 0.133. The summed E-state index contributed by atoms with van der Waals surface area (Å²) in [6.45, 7) is 1.08. The largest absolute Gasteiger partial charge is 0.418 e. The smallest absolute Gasteiger partial charge is 0.326 e. The van der Waals surface area contributed by atoms with Gasteiger partial charge in [0, 0.05) is 12.6 Å². The number of carbonyl (C=O) groups excluding carboxylic acids is 1. The maximum atomic E-state index is 13.7. The molecular weight excluding hydrogens is 383 g/mol. The minimum atomic E-state index is -4.98. The second-order valence-electron chi connectivity index (χ2n) is 5.12. The number of amides is 1. The van der Waals surface area contributed by atoms with Gasteiger partial charge in [0.15, 0.2) is 0 Å². The van der Waals surface area contributed by atoms with Gasteiger partial charge in [-0.1, -0.05) is 0 Å². The van der Waals surface area contributed by atoms with Crippen molar-refractivity contribution in [3.05, 3.63) is 53.6 Å². The van der Waals surface area contributed by atoms with E-state index < -0.39 is 49.9 Å². The lowest BCUT2D eigenvalue weighted by Gasteiger charge is -2.16. The van der Waals surface area contributed by atoms with Crippen molar-refractivity contribution >= 4 is 27.3 Å². The van der Waals surface area contributed by atoms with Gasteiger partial charge < -0.3 is 5.32 Å². The van der Waals surface area contributed by atoms with Crippen LogP contribution in [-0.4, -0.2) is 14.3 Å². The van der Waals surface area contributed by atoms with Crippen LogP contribution in [0.3, 0.4) is 0 Å². The van der Waals surface area contributed by atoms with E-state index in [4.69, 9.17) is 0 Å². The Morgan fingerprint density at radius 1 is 1.04 bits per heavy atom. The summed E-state index contributed by atoms with van der Waals surface area (Å²) in [7, 11) is -4.84. The van der Waals surface area contributed by atoms with Crippen LogP contribution in [0.25, 0.3) is 0 Å². The van der Waals surface area contributed by atoms with Gasteiger partial charge in [0.1, 0.15) is 16.5 Å². The van der Waals surface area contributed by atoms with Crippen molar-refractivity contribution in [1.29, 1.82) is 0 Å². The zero-order valence-electron chi connectivity index (χ0n) is 13.0. The average Bonchev–Trinajstić information content (AvgIpc) is 2.49. The van der Waals surface area contributed by atoms with E-state index in [2.05, 4.69) is 5.32 Å². The first-order chi connectivity index (χ1) is 11.9. The van der Waals surface area contributed by atoms with Gasteiger partial charge in [0.05, 0.1) is 11.3 Å². The molecule has 26 heavy (non-hydrogen) atoms.